The molecule has 3 amide bonds. The number of hydrogen-bond donors (Lipinski definition) is 3. The minimum absolute atomic E-state index is 0.150. The van der Waals surface area contributed by atoms with Crippen molar-refractivity contribution < 1.29 is 28.2 Å². The maximum atomic E-state index is 15.2. The molecule has 0 spiro atoms. The summed E-state index contributed by atoms with van der Waals surface area (Å²) in [6.07, 6.45) is 1.51. The van der Waals surface area contributed by atoms with Crippen LogP contribution in [0.1, 0.15) is 44.6 Å². The Morgan fingerprint density at radius 2 is 1.97 bits per heavy atom. The Balaban J connectivity index is 1.82. The molecule has 0 aliphatic carbocycles. The second-order valence-corrected chi connectivity index (χ2v) is 9.09. The number of amides is 3. The van der Waals surface area contributed by atoms with E-state index in [4.69, 9.17) is 20.9 Å². The second kappa shape index (κ2) is 11.4. The summed E-state index contributed by atoms with van der Waals surface area (Å²) in [4.78, 5) is 40.2. The molecule has 0 unspecified atom stereocenters. The first-order valence-corrected chi connectivity index (χ1v) is 12.3. The molecule has 0 bridgehead atoms. The standard InChI is InChI=1S/C25H26FN5O5S/c1-35-15-10-8-14(9-11-15)21(24(33)29-13-16-5-4-12-36-16)31(18-7-3-2-6-17(18)26)25(34)22-19(27)20(23(28)32)30-37-22/h2-3,6-11,16,21H,4-5,12-13,27H2,1H3,(H2,28,32)(H,29,33)/t16-,21-/m1/s1. The van der Waals surface area contributed by atoms with E-state index in [1.54, 1.807) is 30.3 Å². The van der Waals surface area contributed by atoms with Crippen LogP contribution in [0.15, 0.2) is 48.5 Å². The molecule has 0 radical (unpaired) electrons. The molecule has 2 aromatic carbocycles. The monoisotopic (exact) mass is 527 g/mol. The van der Waals surface area contributed by atoms with Gasteiger partial charge in [-0.15, -0.1) is 0 Å². The molecule has 5 N–H and O–H groups in total. The van der Waals surface area contributed by atoms with Crippen molar-refractivity contribution in [3.8, 4) is 5.75 Å². The van der Waals surface area contributed by atoms with Gasteiger partial charge in [-0.1, -0.05) is 24.3 Å². The zero-order valence-electron chi connectivity index (χ0n) is 20.0. The largest absolute Gasteiger partial charge is 0.497 e. The molecule has 0 saturated carbocycles. The van der Waals surface area contributed by atoms with Crippen LogP contribution in [0, 0.1) is 5.82 Å². The number of aromatic nitrogens is 1. The smallest absolute Gasteiger partial charge is 0.273 e. The van der Waals surface area contributed by atoms with Crippen LogP contribution in [0.3, 0.4) is 0 Å². The van der Waals surface area contributed by atoms with Crippen molar-refractivity contribution >= 4 is 40.6 Å². The fourth-order valence-electron chi connectivity index (χ4n) is 4.07. The van der Waals surface area contributed by atoms with E-state index in [0.29, 0.717) is 29.5 Å². The molecule has 4 rings (SSSR count). The highest BCUT2D eigenvalue weighted by atomic mass is 32.1. The van der Waals surface area contributed by atoms with Gasteiger partial charge in [-0.05, 0) is 54.2 Å². The number of carbonyl (C=O) groups is 3. The number of ether oxygens (including phenoxy) is 2. The number of rotatable bonds is 9. The third-order valence-corrected chi connectivity index (χ3v) is 6.80. The third-order valence-electron chi connectivity index (χ3n) is 5.95. The van der Waals surface area contributed by atoms with Crippen LogP contribution in [0.4, 0.5) is 15.8 Å². The van der Waals surface area contributed by atoms with Gasteiger partial charge in [0.25, 0.3) is 11.8 Å². The highest BCUT2D eigenvalue weighted by molar-refractivity contribution is 7.09. The summed E-state index contributed by atoms with van der Waals surface area (Å²) in [5.41, 5.74) is 11.1. The number of benzene rings is 2. The van der Waals surface area contributed by atoms with Gasteiger partial charge in [0, 0.05) is 13.2 Å². The van der Waals surface area contributed by atoms with Gasteiger partial charge in [0.2, 0.25) is 5.91 Å². The van der Waals surface area contributed by atoms with Gasteiger partial charge in [-0.3, -0.25) is 19.3 Å². The Hall–Kier alpha value is -4.03. The van der Waals surface area contributed by atoms with Crippen LogP contribution >= 0.6 is 11.5 Å². The summed E-state index contributed by atoms with van der Waals surface area (Å²) in [6.45, 7) is 0.828. The number of nitrogens with two attached hydrogens (primary N) is 2. The normalized spacial score (nSPS) is 15.7. The van der Waals surface area contributed by atoms with Gasteiger partial charge in [-0.25, -0.2) is 4.39 Å². The van der Waals surface area contributed by atoms with Crippen molar-refractivity contribution in [3.05, 3.63) is 70.5 Å². The van der Waals surface area contributed by atoms with E-state index in [0.717, 1.165) is 17.7 Å². The molecular weight excluding hydrogens is 501 g/mol. The fourth-order valence-corrected chi connectivity index (χ4v) is 4.81. The average Bonchev–Trinajstić information content (AvgIpc) is 3.56. The molecule has 2 atom stereocenters. The van der Waals surface area contributed by atoms with Crippen molar-refractivity contribution in [1.82, 2.24) is 9.69 Å². The lowest BCUT2D eigenvalue weighted by atomic mass is 10.0. The number of anilines is 2. The highest BCUT2D eigenvalue weighted by Gasteiger charge is 2.37. The van der Waals surface area contributed by atoms with Crippen molar-refractivity contribution in [1.29, 1.82) is 0 Å². The Bertz CT molecular complexity index is 1290. The molecule has 10 nitrogen and oxygen atoms in total. The first-order valence-electron chi connectivity index (χ1n) is 11.5. The molecule has 1 aliphatic rings. The van der Waals surface area contributed by atoms with Gasteiger partial charge in [0.1, 0.15) is 22.5 Å². The fraction of sp³-hybridized carbons (Fsp3) is 0.280. The van der Waals surface area contributed by atoms with Crippen LogP contribution in [0.5, 0.6) is 5.75 Å². The molecule has 194 valence electrons. The lowest BCUT2D eigenvalue weighted by Crippen LogP contribution is -2.46. The number of nitrogens with zero attached hydrogens (tertiary/aromatic N) is 2. The Kier molecular flexibility index (Phi) is 7.99. The lowest BCUT2D eigenvalue weighted by Gasteiger charge is -2.31. The van der Waals surface area contributed by atoms with Gasteiger partial charge in [0.15, 0.2) is 5.69 Å². The summed E-state index contributed by atoms with van der Waals surface area (Å²) in [7, 11) is 1.50. The van der Waals surface area contributed by atoms with Gasteiger partial charge in [0.05, 0.1) is 24.6 Å². The summed E-state index contributed by atoms with van der Waals surface area (Å²) < 4.78 is 29.9. The van der Waals surface area contributed by atoms with E-state index < -0.39 is 29.6 Å². The van der Waals surface area contributed by atoms with E-state index in [-0.39, 0.29) is 34.6 Å². The molecule has 3 aromatic rings. The summed E-state index contributed by atoms with van der Waals surface area (Å²) in [5, 5.41) is 2.84. The zero-order chi connectivity index (χ0) is 26.5. The van der Waals surface area contributed by atoms with Crippen molar-refractivity contribution in [3.63, 3.8) is 0 Å². The van der Waals surface area contributed by atoms with Gasteiger partial charge < -0.3 is 26.3 Å². The SMILES string of the molecule is COc1ccc([C@H](C(=O)NC[C@H]2CCCO2)N(C(=O)c2snc(C(N)=O)c2N)c2ccccc2F)cc1. The van der Waals surface area contributed by atoms with Crippen molar-refractivity contribution in [2.75, 3.05) is 30.9 Å². The molecule has 1 fully saturated rings. The van der Waals surface area contributed by atoms with Crippen molar-refractivity contribution in [2.24, 2.45) is 5.73 Å². The van der Waals surface area contributed by atoms with Gasteiger partial charge >= 0.3 is 0 Å². The lowest BCUT2D eigenvalue weighted by molar-refractivity contribution is -0.123. The molecule has 2 heterocycles. The predicted molar refractivity (Wildman–Crippen MR) is 136 cm³/mol. The first kappa shape index (κ1) is 26.0. The van der Waals surface area contributed by atoms with E-state index >= 15 is 4.39 Å². The molecule has 1 saturated heterocycles. The number of carbonyl (C=O) groups excluding carboxylic acids is 3. The molecular formula is C25H26FN5O5S. The molecule has 1 aliphatic heterocycles. The zero-order valence-corrected chi connectivity index (χ0v) is 20.8. The van der Waals surface area contributed by atoms with Crippen LogP contribution in [-0.4, -0.2) is 48.5 Å². The summed E-state index contributed by atoms with van der Waals surface area (Å²) in [6, 6.07) is 10.7. The third kappa shape index (κ3) is 5.54. The number of hydrogen-bond acceptors (Lipinski definition) is 8. The maximum Gasteiger partial charge on any atom is 0.273 e. The van der Waals surface area contributed by atoms with E-state index in [2.05, 4.69) is 9.69 Å². The first-order chi connectivity index (χ1) is 17.8. The van der Waals surface area contributed by atoms with E-state index in [1.807, 2.05) is 0 Å². The quantitative estimate of drug-likeness (QED) is 0.387. The number of nitrogen functional groups attached to an aromatic ring is 1. The topological polar surface area (TPSA) is 150 Å². The highest BCUT2D eigenvalue weighted by Crippen LogP contribution is 2.35. The number of primary amides is 1. The van der Waals surface area contributed by atoms with Crippen LogP contribution in [0.25, 0.3) is 0 Å². The molecule has 37 heavy (non-hydrogen) atoms. The van der Waals surface area contributed by atoms with Crippen LogP contribution in [0.2, 0.25) is 0 Å². The number of nitrogens with one attached hydrogen (secondary N) is 1. The maximum absolute atomic E-state index is 15.2. The minimum Gasteiger partial charge on any atom is -0.497 e. The second-order valence-electron chi connectivity index (χ2n) is 8.32. The van der Waals surface area contributed by atoms with E-state index in [9.17, 15) is 14.4 Å². The number of methoxy groups -OCH3 is 1. The van der Waals surface area contributed by atoms with Crippen molar-refractivity contribution in [2.45, 2.75) is 25.0 Å². The molecule has 12 heteroatoms. The van der Waals surface area contributed by atoms with Crippen LogP contribution in [-0.2, 0) is 9.53 Å². The Labute approximate surface area is 216 Å². The summed E-state index contributed by atoms with van der Waals surface area (Å²) >= 11 is 0.644. The Morgan fingerprint density at radius 3 is 2.57 bits per heavy atom. The van der Waals surface area contributed by atoms with Gasteiger partial charge in [-0.2, -0.15) is 4.37 Å². The summed E-state index contributed by atoms with van der Waals surface area (Å²) in [5.74, 6) is -2.49. The number of halogens is 1. The predicted octanol–water partition coefficient (Wildman–Crippen LogP) is 2.66. The van der Waals surface area contributed by atoms with E-state index in [1.165, 1.54) is 25.3 Å². The molecule has 1 aromatic heterocycles. The van der Waals surface area contributed by atoms with Crippen LogP contribution < -0.4 is 26.4 Å². The minimum atomic E-state index is -1.31. The Morgan fingerprint density at radius 1 is 1.24 bits per heavy atom. The average molecular weight is 528 g/mol. The number of para-hydroxylation sites is 1.